The summed E-state index contributed by atoms with van der Waals surface area (Å²) in [6.45, 7) is 0.0816. The lowest BCUT2D eigenvalue weighted by molar-refractivity contribution is -0.118. The fraction of sp³-hybridized carbons (Fsp3) is 0.0833. The molecule has 5 heteroatoms. The van der Waals surface area contributed by atoms with Crippen molar-refractivity contribution in [3.8, 4) is 16.2 Å². The fourth-order valence-electron chi connectivity index (χ4n) is 1.74. The van der Waals surface area contributed by atoms with Crippen molar-refractivity contribution in [3.63, 3.8) is 0 Å². The number of ether oxygens (including phenoxy) is 1. The summed E-state index contributed by atoms with van der Waals surface area (Å²) in [4.78, 5) is 12.3. The highest BCUT2D eigenvalue weighted by Gasteiger charge is 2.16. The minimum absolute atomic E-state index is 0.0816. The first kappa shape index (κ1) is 10.2. The standard InChI is InChI=1S/C12H10N2O2S/c13-11-4-3-10(17-11)7-1-2-9-8(5-7)14-12(15)6-16-9/h1-5H,6,13H2,(H,14,15). The second-order valence-corrected chi connectivity index (χ2v) is 4.87. The average molecular weight is 246 g/mol. The summed E-state index contributed by atoms with van der Waals surface area (Å²) in [5.41, 5.74) is 7.44. The minimum Gasteiger partial charge on any atom is -0.482 e. The summed E-state index contributed by atoms with van der Waals surface area (Å²) in [6, 6.07) is 9.56. The van der Waals surface area contributed by atoms with Crippen LogP contribution in [0.3, 0.4) is 0 Å². The van der Waals surface area contributed by atoms with Gasteiger partial charge in [0.15, 0.2) is 6.61 Å². The molecular weight excluding hydrogens is 236 g/mol. The second kappa shape index (κ2) is 3.78. The lowest BCUT2D eigenvalue weighted by Gasteiger charge is -2.18. The lowest BCUT2D eigenvalue weighted by atomic mass is 10.1. The highest BCUT2D eigenvalue weighted by atomic mass is 32.1. The van der Waals surface area contributed by atoms with Gasteiger partial charge in [0.05, 0.1) is 10.7 Å². The average Bonchev–Trinajstić information content (AvgIpc) is 2.75. The van der Waals surface area contributed by atoms with E-state index in [2.05, 4.69) is 5.32 Å². The monoisotopic (exact) mass is 246 g/mol. The number of anilines is 2. The van der Waals surface area contributed by atoms with E-state index in [1.165, 1.54) is 11.3 Å². The minimum atomic E-state index is -0.125. The Balaban J connectivity index is 2.03. The number of nitrogens with one attached hydrogen (secondary N) is 1. The molecule has 3 N–H and O–H groups in total. The Morgan fingerprint density at radius 2 is 2.18 bits per heavy atom. The van der Waals surface area contributed by atoms with Crippen LogP contribution in [0.4, 0.5) is 10.7 Å². The van der Waals surface area contributed by atoms with Crippen molar-refractivity contribution < 1.29 is 9.53 Å². The fourth-order valence-corrected chi connectivity index (χ4v) is 2.52. The molecule has 0 fully saturated rings. The number of hydrogen-bond donors (Lipinski definition) is 2. The molecule has 1 aromatic carbocycles. The topological polar surface area (TPSA) is 64.3 Å². The Morgan fingerprint density at radius 1 is 1.29 bits per heavy atom. The molecule has 0 unspecified atom stereocenters. The van der Waals surface area contributed by atoms with Crippen molar-refractivity contribution in [2.24, 2.45) is 0 Å². The number of fused-ring (bicyclic) bond motifs is 1. The summed E-state index contributed by atoms with van der Waals surface area (Å²) < 4.78 is 5.30. The van der Waals surface area contributed by atoms with Crippen LogP contribution in [-0.4, -0.2) is 12.5 Å². The SMILES string of the molecule is Nc1ccc(-c2ccc3c(c2)NC(=O)CO3)s1. The number of nitrogen functional groups attached to an aromatic ring is 1. The van der Waals surface area contributed by atoms with Crippen molar-refractivity contribution in [2.75, 3.05) is 17.7 Å². The molecule has 2 heterocycles. The van der Waals surface area contributed by atoms with Gasteiger partial charge in [-0.25, -0.2) is 0 Å². The summed E-state index contributed by atoms with van der Waals surface area (Å²) in [5, 5.41) is 3.56. The third-order valence-corrected chi connectivity index (χ3v) is 3.49. The molecule has 1 aliphatic rings. The molecule has 3 rings (SSSR count). The Hall–Kier alpha value is -2.01. The van der Waals surface area contributed by atoms with Crippen LogP contribution in [0, 0.1) is 0 Å². The first-order valence-corrected chi connectivity index (χ1v) is 5.96. The van der Waals surface area contributed by atoms with Crippen molar-refractivity contribution in [3.05, 3.63) is 30.3 Å². The van der Waals surface area contributed by atoms with Gasteiger partial charge in [0, 0.05) is 4.88 Å². The molecule has 0 saturated heterocycles. The Bertz CT molecular complexity index is 592. The van der Waals surface area contributed by atoms with Gasteiger partial charge in [0.1, 0.15) is 5.75 Å². The number of amides is 1. The Morgan fingerprint density at radius 3 is 2.94 bits per heavy atom. The molecule has 1 aliphatic heterocycles. The highest BCUT2D eigenvalue weighted by Crippen LogP contribution is 2.35. The zero-order chi connectivity index (χ0) is 11.8. The zero-order valence-electron chi connectivity index (χ0n) is 8.90. The normalized spacial score (nSPS) is 13.8. The van der Waals surface area contributed by atoms with Crippen LogP contribution in [0.5, 0.6) is 5.75 Å². The molecule has 1 amide bonds. The van der Waals surface area contributed by atoms with Crippen LogP contribution < -0.4 is 15.8 Å². The van der Waals surface area contributed by atoms with Crippen molar-refractivity contribution in [1.82, 2.24) is 0 Å². The molecule has 86 valence electrons. The maximum atomic E-state index is 11.2. The van der Waals surface area contributed by atoms with Crippen LogP contribution in [0.2, 0.25) is 0 Å². The van der Waals surface area contributed by atoms with Crippen LogP contribution in [-0.2, 0) is 4.79 Å². The number of carbonyl (C=O) groups excluding carboxylic acids is 1. The van der Waals surface area contributed by atoms with Gasteiger partial charge in [-0.05, 0) is 35.9 Å². The zero-order valence-corrected chi connectivity index (χ0v) is 9.71. The molecule has 0 saturated carbocycles. The van der Waals surface area contributed by atoms with Crippen molar-refractivity contribution in [2.45, 2.75) is 0 Å². The molecule has 4 nitrogen and oxygen atoms in total. The first-order chi connectivity index (χ1) is 8.22. The lowest BCUT2D eigenvalue weighted by Crippen LogP contribution is -2.25. The second-order valence-electron chi connectivity index (χ2n) is 3.75. The van der Waals surface area contributed by atoms with E-state index in [9.17, 15) is 4.79 Å². The molecule has 0 spiro atoms. The molecule has 2 aromatic rings. The van der Waals surface area contributed by atoms with Gasteiger partial charge in [0.2, 0.25) is 0 Å². The predicted molar refractivity (Wildman–Crippen MR) is 68.3 cm³/mol. The van der Waals surface area contributed by atoms with E-state index < -0.39 is 0 Å². The summed E-state index contributed by atoms with van der Waals surface area (Å²) in [5.74, 6) is 0.582. The maximum Gasteiger partial charge on any atom is 0.262 e. The van der Waals surface area contributed by atoms with E-state index in [-0.39, 0.29) is 12.5 Å². The number of benzene rings is 1. The third kappa shape index (κ3) is 1.85. The smallest absolute Gasteiger partial charge is 0.262 e. The summed E-state index contributed by atoms with van der Waals surface area (Å²) >= 11 is 1.52. The number of thiophene rings is 1. The van der Waals surface area contributed by atoms with Gasteiger partial charge in [-0.2, -0.15) is 0 Å². The quantitative estimate of drug-likeness (QED) is 0.811. The van der Waals surface area contributed by atoms with E-state index in [4.69, 9.17) is 10.5 Å². The highest BCUT2D eigenvalue weighted by molar-refractivity contribution is 7.19. The van der Waals surface area contributed by atoms with Gasteiger partial charge in [-0.1, -0.05) is 0 Å². The molecule has 0 aliphatic carbocycles. The first-order valence-electron chi connectivity index (χ1n) is 5.15. The van der Waals surface area contributed by atoms with E-state index >= 15 is 0 Å². The molecule has 1 aromatic heterocycles. The Kier molecular flexibility index (Phi) is 2.26. The largest absolute Gasteiger partial charge is 0.482 e. The van der Waals surface area contributed by atoms with E-state index in [1.54, 1.807) is 0 Å². The van der Waals surface area contributed by atoms with Gasteiger partial charge >= 0.3 is 0 Å². The van der Waals surface area contributed by atoms with Crippen LogP contribution in [0.15, 0.2) is 30.3 Å². The molecule has 0 atom stereocenters. The molecule has 0 radical (unpaired) electrons. The van der Waals surface area contributed by atoms with Crippen molar-refractivity contribution >= 4 is 27.9 Å². The molecular formula is C12H10N2O2S. The van der Waals surface area contributed by atoms with Crippen LogP contribution in [0.25, 0.3) is 10.4 Å². The van der Waals surface area contributed by atoms with Gasteiger partial charge < -0.3 is 15.8 Å². The van der Waals surface area contributed by atoms with E-state index in [1.807, 2.05) is 30.3 Å². The van der Waals surface area contributed by atoms with E-state index in [0.717, 1.165) is 15.4 Å². The Labute approximate surface area is 102 Å². The van der Waals surface area contributed by atoms with Gasteiger partial charge in [-0.3, -0.25) is 4.79 Å². The number of nitrogens with two attached hydrogens (primary N) is 1. The van der Waals surface area contributed by atoms with Crippen molar-refractivity contribution in [1.29, 1.82) is 0 Å². The van der Waals surface area contributed by atoms with Crippen LogP contribution in [0.1, 0.15) is 0 Å². The number of rotatable bonds is 1. The number of hydrogen-bond acceptors (Lipinski definition) is 4. The number of carbonyl (C=O) groups is 1. The van der Waals surface area contributed by atoms with Crippen LogP contribution >= 0.6 is 11.3 Å². The molecule has 0 bridgehead atoms. The maximum absolute atomic E-state index is 11.2. The summed E-state index contributed by atoms with van der Waals surface area (Å²) in [6.07, 6.45) is 0. The third-order valence-electron chi connectivity index (χ3n) is 2.52. The molecule has 17 heavy (non-hydrogen) atoms. The predicted octanol–water partition coefficient (Wildman–Crippen LogP) is 2.33. The summed E-state index contributed by atoms with van der Waals surface area (Å²) in [7, 11) is 0. The van der Waals surface area contributed by atoms with E-state index in [0.29, 0.717) is 11.4 Å². The van der Waals surface area contributed by atoms with Gasteiger partial charge in [-0.15, -0.1) is 11.3 Å². The van der Waals surface area contributed by atoms with Gasteiger partial charge in [0.25, 0.3) is 5.91 Å².